The van der Waals surface area contributed by atoms with E-state index in [0.717, 1.165) is 22.4 Å². The van der Waals surface area contributed by atoms with Crippen LogP contribution in [-0.4, -0.2) is 29.5 Å². The van der Waals surface area contributed by atoms with Crippen LogP contribution in [0.5, 0.6) is 0 Å². The lowest BCUT2D eigenvalue weighted by Gasteiger charge is -2.16. The molecule has 0 spiro atoms. The van der Waals surface area contributed by atoms with Crippen molar-refractivity contribution >= 4 is 29.2 Å². The fourth-order valence-corrected chi connectivity index (χ4v) is 3.39. The van der Waals surface area contributed by atoms with E-state index in [1.54, 1.807) is 12.1 Å². The van der Waals surface area contributed by atoms with Crippen LogP contribution < -0.4 is 10.3 Å². The minimum absolute atomic E-state index is 0.0630. The lowest BCUT2D eigenvalue weighted by atomic mass is 9.99. The van der Waals surface area contributed by atoms with Crippen molar-refractivity contribution < 1.29 is 19.1 Å². The number of rotatable bonds is 5. The van der Waals surface area contributed by atoms with Crippen LogP contribution in [0.15, 0.2) is 59.7 Å². The predicted molar refractivity (Wildman–Crippen MR) is 102 cm³/mol. The molecule has 2 aliphatic heterocycles. The predicted octanol–water partition coefficient (Wildman–Crippen LogP) is 1.81. The molecule has 1 fully saturated rings. The molecule has 0 aliphatic carbocycles. The summed E-state index contributed by atoms with van der Waals surface area (Å²) >= 11 is 0. The number of anilines is 1. The number of carbonyl (C=O) groups excluding carboxylic acids is 3. The third kappa shape index (κ3) is 3.05. The largest absolute Gasteiger partial charge is 0.456 e. The summed E-state index contributed by atoms with van der Waals surface area (Å²) in [6.07, 6.45) is 0.860. The highest BCUT2D eigenvalue weighted by Gasteiger charge is 2.55. The molecule has 4 rings (SSSR count). The van der Waals surface area contributed by atoms with Gasteiger partial charge in [0, 0.05) is 0 Å². The SMILES string of the molecule is CCc1ccc(N2C(=O)[C@H]3C(C(=O)OCc4ccccc4)=NN[C@@H]3C2=O)cc1. The standard InChI is InChI=1S/C21H19N3O4/c1-2-13-8-10-15(11-9-13)24-19(25)16-17(20(24)26)22-23-18(16)21(27)28-12-14-6-4-3-5-7-14/h3-11,16-17,22H,2,12H2,1H3/t16-,17+/m1/s1. The fraction of sp³-hybridized carbons (Fsp3) is 0.238. The van der Waals surface area contributed by atoms with Crippen LogP contribution in [0.2, 0.25) is 0 Å². The lowest BCUT2D eigenvalue weighted by molar-refractivity contribution is -0.137. The van der Waals surface area contributed by atoms with Crippen molar-refractivity contribution in [3.63, 3.8) is 0 Å². The number of nitrogens with zero attached hydrogens (tertiary/aromatic N) is 2. The van der Waals surface area contributed by atoms with Crippen molar-refractivity contribution in [2.75, 3.05) is 4.90 Å². The Hall–Kier alpha value is -3.48. The molecule has 142 valence electrons. The van der Waals surface area contributed by atoms with Gasteiger partial charge in [-0.3, -0.25) is 15.0 Å². The molecule has 2 aromatic carbocycles. The van der Waals surface area contributed by atoms with E-state index in [9.17, 15) is 14.4 Å². The smallest absolute Gasteiger partial charge is 0.355 e. The molecule has 7 nitrogen and oxygen atoms in total. The van der Waals surface area contributed by atoms with E-state index in [1.165, 1.54) is 0 Å². The Bertz CT molecular complexity index is 953. The molecule has 0 bridgehead atoms. The molecule has 1 N–H and O–H groups in total. The molecule has 0 aromatic heterocycles. The van der Waals surface area contributed by atoms with Crippen LogP contribution in [0.25, 0.3) is 0 Å². The molecular formula is C21H19N3O4. The van der Waals surface area contributed by atoms with Gasteiger partial charge in [-0.2, -0.15) is 5.10 Å². The minimum Gasteiger partial charge on any atom is -0.456 e. The molecular weight excluding hydrogens is 358 g/mol. The van der Waals surface area contributed by atoms with Gasteiger partial charge in [-0.05, 0) is 29.7 Å². The van der Waals surface area contributed by atoms with Gasteiger partial charge in [0.15, 0.2) is 5.71 Å². The molecule has 2 aromatic rings. The van der Waals surface area contributed by atoms with Crippen molar-refractivity contribution in [3.8, 4) is 0 Å². The molecule has 0 radical (unpaired) electrons. The summed E-state index contributed by atoms with van der Waals surface area (Å²) < 4.78 is 5.28. The summed E-state index contributed by atoms with van der Waals surface area (Å²) in [6, 6.07) is 15.6. The number of imide groups is 1. The number of hydrogen-bond acceptors (Lipinski definition) is 6. The molecule has 2 heterocycles. The van der Waals surface area contributed by atoms with Crippen molar-refractivity contribution in [1.29, 1.82) is 0 Å². The summed E-state index contributed by atoms with van der Waals surface area (Å²) in [5.41, 5.74) is 4.98. The lowest BCUT2D eigenvalue weighted by Crippen LogP contribution is -2.36. The van der Waals surface area contributed by atoms with Crippen LogP contribution in [-0.2, 0) is 32.1 Å². The quantitative estimate of drug-likeness (QED) is 0.634. The van der Waals surface area contributed by atoms with Gasteiger partial charge in [-0.25, -0.2) is 9.69 Å². The van der Waals surface area contributed by atoms with Crippen LogP contribution >= 0.6 is 0 Å². The molecule has 2 amide bonds. The number of carbonyl (C=O) groups is 3. The van der Waals surface area contributed by atoms with Crippen molar-refractivity contribution in [2.45, 2.75) is 26.0 Å². The highest BCUT2D eigenvalue weighted by atomic mass is 16.5. The number of benzene rings is 2. The topological polar surface area (TPSA) is 88.1 Å². The number of fused-ring (bicyclic) bond motifs is 1. The molecule has 1 saturated heterocycles. The zero-order valence-electron chi connectivity index (χ0n) is 15.3. The molecule has 7 heteroatoms. The first-order valence-corrected chi connectivity index (χ1v) is 9.11. The zero-order chi connectivity index (χ0) is 19.7. The Morgan fingerprint density at radius 2 is 1.75 bits per heavy atom. The Labute approximate surface area is 162 Å². The van der Waals surface area contributed by atoms with Crippen LogP contribution in [0.3, 0.4) is 0 Å². The molecule has 28 heavy (non-hydrogen) atoms. The second kappa shape index (κ2) is 7.26. The fourth-order valence-electron chi connectivity index (χ4n) is 3.39. The second-order valence-electron chi connectivity index (χ2n) is 6.68. The molecule has 0 unspecified atom stereocenters. The highest BCUT2D eigenvalue weighted by Crippen LogP contribution is 2.31. The maximum atomic E-state index is 12.9. The summed E-state index contributed by atoms with van der Waals surface area (Å²) in [5.74, 6) is -2.57. The molecule has 2 aliphatic rings. The van der Waals surface area contributed by atoms with Crippen molar-refractivity contribution in [2.24, 2.45) is 11.0 Å². The molecule has 0 saturated carbocycles. The Morgan fingerprint density at radius 3 is 2.43 bits per heavy atom. The van der Waals surface area contributed by atoms with Gasteiger partial charge >= 0.3 is 5.97 Å². The number of hydrogen-bond donors (Lipinski definition) is 1. The highest BCUT2D eigenvalue weighted by molar-refractivity contribution is 6.46. The Kier molecular flexibility index (Phi) is 4.65. The van der Waals surface area contributed by atoms with Gasteiger partial charge in [-0.1, -0.05) is 49.4 Å². The number of nitrogens with one attached hydrogen (secondary N) is 1. The third-order valence-corrected chi connectivity index (χ3v) is 4.95. The number of esters is 1. The van der Waals surface area contributed by atoms with E-state index in [4.69, 9.17) is 4.74 Å². The van der Waals surface area contributed by atoms with Gasteiger partial charge in [0.1, 0.15) is 18.6 Å². The molecule has 2 atom stereocenters. The van der Waals surface area contributed by atoms with Gasteiger partial charge in [-0.15, -0.1) is 0 Å². The van der Waals surface area contributed by atoms with Gasteiger partial charge in [0.25, 0.3) is 5.91 Å². The van der Waals surface area contributed by atoms with Crippen molar-refractivity contribution in [1.82, 2.24) is 5.43 Å². The summed E-state index contributed by atoms with van der Waals surface area (Å²) in [5, 5.41) is 3.91. The average Bonchev–Trinajstić information content (AvgIpc) is 3.27. The number of amides is 2. The van der Waals surface area contributed by atoms with Crippen LogP contribution in [0, 0.1) is 5.92 Å². The first kappa shape index (κ1) is 17.9. The second-order valence-corrected chi connectivity index (χ2v) is 6.68. The average molecular weight is 377 g/mol. The van der Waals surface area contributed by atoms with E-state index < -0.39 is 29.7 Å². The maximum absolute atomic E-state index is 12.9. The van der Waals surface area contributed by atoms with Gasteiger partial charge in [0.05, 0.1) is 5.69 Å². The van der Waals surface area contributed by atoms with E-state index in [-0.39, 0.29) is 12.3 Å². The Balaban J connectivity index is 1.50. The van der Waals surface area contributed by atoms with Crippen molar-refractivity contribution in [3.05, 3.63) is 65.7 Å². The zero-order valence-corrected chi connectivity index (χ0v) is 15.3. The Morgan fingerprint density at radius 1 is 1.04 bits per heavy atom. The number of aryl methyl sites for hydroxylation is 1. The van der Waals surface area contributed by atoms with Crippen LogP contribution in [0.1, 0.15) is 18.1 Å². The summed E-state index contributed by atoms with van der Waals surface area (Å²) in [6.45, 7) is 2.10. The van der Waals surface area contributed by atoms with E-state index >= 15 is 0 Å². The van der Waals surface area contributed by atoms with E-state index in [1.807, 2.05) is 49.4 Å². The number of hydrazone groups is 1. The van der Waals surface area contributed by atoms with E-state index in [2.05, 4.69) is 10.5 Å². The summed E-state index contributed by atoms with van der Waals surface area (Å²) in [7, 11) is 0. The van der Waals surface area contributed by atoms with E-state index in [0.29, 0.717) is 5.69 Å². The first-order chi connectivity index (χ1) is 13.6. The van der Waals surface area contributed by atoms with Gasteiger partial charge in [0.2, 0.25) is 5.91 Å². The minimum atomic E-state index is -0.971. The first-order valence-electron chi connectivity index (χ1n) is 9.11. The van der Waals surface area contributed by atoms with Crippen LogP contribution in [0.4, 0.5) is 5.69 Å². The van der Waals surface area contributed by atoms with Gasteiger partial charge < -0.3 is 4.74 Å². The normalized spacial score (nSPS) is 20.6. The monoisotopic (exact) mass is 377 g/mol. The number of ether oxygens (including phenoxy) is 1. The summed E-state index contributed by atoms with van der Waals surface area (Å²) in [4.78, 5) is 39.2. The third-order valence-electron chi connectivity index (χ3n) is 4.95. The maximum Gasteiger partial charge on any atom is 0.355 e.